The molecule has 4 heteroatoms. The molecule has 0 aromatic heterocycles. The van der Waals surface area contributed by atoms with Crippen LogP contribution in [0.5, 0.6) is 0 Å². The second-order valence-electron chi connectivity index (χ2n) is 14.3. The maximum Gasteiger partial charge on any atom is 0.164 e. The number of hydrogen-bond acceptors (Lipinski definition) is 4. The Hall–Kier alpha value is -0.680. The fourth-order valence-electron chi connectivity index (χ4n) is 10.5. The number of rotatable bonds is 5. The predicted octanol–water partition coefficient (Wildman–Crippen LogP) is 6.27. The van der Waals surface area contributed by atoms with Crippen LogP contribution in [0.25, 0.3) is 0 Å². The normalized spacial score (nSPS) is 51.2. The van der Waals surface area contributed by atoms with Gasteiger partial charge in [-0.2, -0.15) is 0 Å². The van der Waals surface area contributed by atoms with Gasteiger partial charge in [-0.25, -0.2) is 0 Å². The molecule has 1 saturated heterocycles. The molecule has 0 amide bonds. The number of aliphatic hydroxyl groups is 2. The van der Waals surface area contributed by atoms with Gasteiger partial charge in [0.05, 0.1) is 12.2 Å². The molecule has 11 atom stereocenters. The zero-order valence-corrected chi connectivity index (χ0v) is 23.4. The first kappa shape index (κ1) is 25.9. The third kappa shape index (κ3) is 3.12. The van der Waals surface area contributed by atoms with Crippen LogP contribution in [0, 0.1) is 45.3 Å². The zero-order chi connectivity index (χ0) is 25.6. The molecule has 1 heterocycles. The Kier molecular flexibility index (Phi) is 6.05. The van der Waals surface area contributed by atoms with Gasteiger partial charge in [-0.1, -0.05) is 58.4 Å². The van der Waals surface area contributed by atoms with Crippen molar-refractivity contribution in [1.29, 1.82) is 0 Å². The van der Waals surface area contributed by atoms with Crippen LogP contribution in [0.15, 0.2) is 23.8 Å². The van der Waals surface area contributed by atoms with E-state index in [1.165, 1.54) is 24.8 Å². The van der Waals surface area contributed by atoms with Crippen LogP contribution in [0.3, 0.4) is 0 Å². The van der Waals surface area contributed by atoms with Crippen LogP contribution in [-0.4, -0.2) is 41.4 Å². The van der Waals surface area contributed by atoms with Crippen LogP contribution in [0.1, 0.15) is 93.4 Å². The van der Waals surface area contributed by atoms with Gasteiger partial charge in [-0.05, 0) is 87.4 Å². The van der Waals surface area contributed by atoms with E-state index in [1.807, 2.05) is 13.2 Å². The highest BCUT2D eigenvalue weighted by Gasteiger charge is 2.78. The second-order valence-corrected chi connectivity index (χ2v) is 14.3. The number of methoxy groups -OCH3 is 1. The summed E-state index contributed by atoms with van der Waals surface area (Å²) in [6.45, 7) is 16.0. The molecule has 5 rings (SSSR count). The molecular formula is C31H50O4. The van der Waals surface area contributed by atoms with Crippen molar-refractivity contribution in [2.75, 3.05) is 7.11 Å². The quantitative estimate of drug-likeness (QED) is 0.450. The Morgan fingerprint density at radius 2 is 1.80 bits per heavy atom. The SMILES string of the molecule is CO[C@@H]1O[C@]23C=C[C@@H]4C1(CC[C@]1(C)[C@@H]([C@H](C)C[C@@H](O)C=C(C)C)CC[C@@]41C)[C@@H]2CC[C@H](O)C3(C)C. The number of fused-ring (bicyclic) bond motifs is 2. The lowest BCUT2D eigenvalue weighted by Gasteiger charge is -2.65. The molecule has 0 radical (unpaired) electrons. The van der Waals surface area contributed by atoms with Gasteiger partial charge in [-0.3, -0.25) is 0 Å². The van der Waals surface area contributed by atoms with Gasteiger partial charge in [0.2, 0.25) is 0 Å². The Balaban J connectivity index is 1.53. The van der Waals surface area contributed by atoms with Crippen molar-refractivity contribution in [2.24, 2.45) is 45.3 Å². The molecule has 35 heavy (non-hydrogen) atoms. The predicted molar refractivity (Wildman–Crippen MR) is 140 cm³/mol. The van der Waals surface area contributed by atoms with Crippen molar-refractivity contribution in [3.8, 4) is 0 Å². The lowest BCUT2D eigenvalue weighted by molar-refractivity contribution is -0.225. The van der Waals surface area contributed by atoms with Gasteiger partial charge in [0.1, 0.15) is 5.60 Å². The largest absolute Gasteiger partial charge is 0.392 e. The minimum absolute atomic E-state index is 0.0329. The first-order chi connectivity index (χ1) is 16.3. The van der Waals surface area contributed by atoms with Crippen molar-refractivity contribution in [2.45, 2.75) is 118 Å². The highest BCUT2D eigenvalue weighted by atomic mass is 16.7. The Morgan fingerprint density at radius 3 is 2.46 bits per heavy atom. The zero-order valence-electron chi connectivity index (χ0n) is 23.4. The summed E-state index contributed by atoms with van der Waals surface area (Å²) in [6, 6.07) is 0. The van der Waals surface area contributed by atoms with Crippen molar-refractivity contribution in [3.05, 3.63) is 23.8 Å². The number of allylic oxidation sites excluding steroid dienone is 2. The van der Waals surface area contributed by atoms with Gasteiger partial charge in [0.15, 0.2) is 6.29 Å². The molecule has 0 aromatic rings. The minimum Gasteiger partial charge on any atom is -0.392 e. The standard InChI is InChI=1S/C31H50O4/c1-19(2)17-21(32)18-20(3)22-11-13-29(7)23-12-14-31-24(9-10-25(33)27(31,4)5)30(23,26(34-8)35-31)16-15-28(22,29)6/h12,14,17,20-26,32-33H,9-11,13,15-16,18H2,1-8H3/t20-,21+,22-,23+,24+,25+,26-,28-,29+,30?,31-/m1/s1. The lowest BCUT2D eigenvalue weighted by atomic mass is 9.38. The Bertz CT molecular complexity index is 904. The fraction of sp³-hybridized carbons (Fsp3) is 0.871. The van der Waals surface area contributed by atoms with E-state index in [1.54, 1.807) is 0 Å². The molecule has 198 valence electrons. The second kappa shape index (κ2) is 8.16. The summed E-state index contributed by atoms with van der Waals surface area (Å²) in [5.41, 5.74) is 0.754. The molecule has 5 aliphatic rings. The van der Waals surface area contributed by atoms with Gasteiger partial charge in [-0.15, -0.1) is 0 Å². The van der Waals surface area contributed by atoms with Crippen molar-refractivity contribution in [1.82, 2.24) is 0 Å². The third-order valence-corrected chi connectivity index (χ3v) is 12.5. The molecule has 3 saturated carbocycles. The molecule has 2 bridgehead atoms. The molecule has 4 nitrogen and oxygen atoms in total. The summed E-state index contributed by atoms with van der Waals surface area (Å²) >= 11 is 0. The molecule has 4 aliphatic carbocycles. The first-order valence-electron chi connectivity index (χ1n) is 14.2. The molecule has 1 aliphatic heterocycles. The van der Waals surface area contributed by atoms with E-state index in [0.29, 0.717) is 23.7 Å². The Morgan fingerprint density at radius 1 is 1.09 bits per heavy atom. The van der Waals surface area contributed by atoms with Crippen LogP contribution in [0.2, 0.25) is 0 Å². The van der Waals surface area contributed by atoms with E-state index in [2.05, 4.69) is 60.6 Å². The first-order valence-corrected chi connectivity index (χ1v) is 14.2. The van der Waals surface area contributed by atoms with Crippen molar-refractivity contribution >= 4 is 0 Å². The maximum absolute atomic E-state index is 11.0. The monoisotopic (exact) mass is 486 g/mol. The van der Waals surface area contributed by atoms with Crippen LogP contribution in [-0.2, 0) is 9.47 Å². The van der Waals surface area contributed by atoms with Gasteiger partial charge < -0.3 is 19.7 Å². The molecule has 1 unspecified atom stereocenters. The van der Waals surface area contributed by atoms with Gasteiger partial charge >= 0.3 is 0 Å². The summed E-state index contributed by atoms with van der Waals surface area (Å²) < 4.78 is 13.2. The molecule has 0 aromatic carbocycles. The summed E-state index contributed by atoms with van der Waals surface area (Å²) in [4.78, 5) is 0. The van der Waals surface area contributed by atoms with Crippen LogP contribution >= 0.6 is 0 Å². The topological polar surface area (TPSA) is 58.9 Å². The van der Waals surface area contributed by atoms with Crippen molar-refractivity contribution < 1.29 is 19.7 Å². The van der Waals surface area contributed by atoms with Crippen LogP contribution in [0.4, 0.5) is 0 Å². The van der Waals surface area contributed by atoms with E-state index in [9.17, 15) is 10.2 Å². The van der Waals surface area contributed by atoms with Crippen LogP contribution < -0.4 is 0 Å². The molecule has 4 fully saturated rings. The minimum atomic E-state index is -0.453. The van der Waals surface area contributed by atoms with E-state index < -0.39 is 5.60 Å². The average Bonchev–Trinajstić information content (AvgIpc) is 3.14. The molecular weight excluding hydrogens is 436 g/mol. The van der Waals surface area contributed by atoms with E-state index >= 15 is 0 Å². The summed E-state index contributed by atoms with van der Waals surface area (Å²) in [5.74, 6) is 1.88. The smallest absolute Gasteiger partial charge is 0.164 e. The van der Waals surface area contributed by atoms with E-state index in [0.717, 1.165) is 25.7 Å². The Labute approximate surface area is 213 Å². The molecule has 2 N–H and O–H groups in total. The van der Waals surface area contributed by atoms with Gasteiger partial charge in [0.25, 0.3) is 0 Å². The average molecular weight is 487 g/mol. The maximum atomic E-state index is 11.0. The number of ether oxygens (including phenoxy) is 2. The summed E-state index contributed by atoms with van der Waals surface area (Å²) in [5, 5.41) is 21.7. The highest BCUT2D eigenvalue weighted by Crippen LogP contribution is 2.78. The van der Waals surface area contributed by atoms with E-state index in [4.69, 9.17) is 9.47 Å². The fourth-order valence-corrected chi connectivity index (χ4v) is 10.5. The third-order valence-electron chi connectivity index (χ3n) is 12.5. The van der Waals surface area contributed by atoms with Gasteiger partial charge in [0, 0.05) is 23.9 Å². The number of aliphatic hydroxyl groups excluding tert-OH is 2. The molecule has 1 spiro atoms. The highest BCUT2D eigenvalue weighted by molar-refractivity contribution is 5.34. The summed E-state index contributed by atoms with van der Waals surface area (Å²) in [7, 11) is 1.82. The van der Waals surface area contributed by atoms with Crippen molar-refractivity contribution in [3.63, 3.8) is 0 Å². The van der Waals surface area contributed by atoms with E-state index in [-0.39, 0.29) is 40.2 Å². The number of hydrogen-bond donors (Lipinski definition) is 2. The summed E-state index contributed by atoms with van der Waals surface area (Å²) in [6.07, 6.45) is 13.4. The lowest BCUT2D eigenvalue weighted by Crippen LogP contribution is -2.65.